The summed E-state index contributed by atoms with van der Waals surface area (Å²) in [7, 11) is 1.92. The first-order valence-corrected chi connectivity index (χ1v) is 4.58. The molecule has 0 aliphatic carbocycles. The van der Waals surface area contributed by atoms with Crippen LogP contribution in [0.4, 0.5) is 0 Å². The molecule has 1 aliphatic rings. The van der Waals surface area contributed by atoms with Crippen molar-refractivity contribution in [1.82, 2.24) is 4.90 Å². The predicted molar refractivity (Wildman–Crippen MR) is 54.2 cm³/mol. The molecule has 2 unspecified atom stereocenters. The van der Waals surface area contributed by atoms with Gasteiger partial charge in [-0.2, -0.15) is 0 Å². The van der Waals surface area contributed by atoms with Crippen LogP contribution in [0.15, 0.2) is 12.0 Å². The van der Waals surface area contributed by atoms with Crippen molar-refractivity contribution >= 4 is 0 Å². The third kappa shape index (κ3) is 3.69. The van der Waals surface area contributed by atoms with Gasteiger partial charge >= 0.3 is 5.82 Å². The lowest BCUT2D eigenvalue weighted by atomic mass is 10.4. The van der Waals surface area contributed by atoms with Crippen molar-refractivity contribution in [3.63, 3.8) is 0 Å². The molecule has 0 amide bonds. The van der Waals surface area contributed by atoms with E-state index in [-0.39, 0.29) is 16.9 Å². The van der Waals surface area contributed by atoms with Crippen LogP contribution in [0.25, 0.3) is 0 Å². The summed E-state index contributed by atoms with van der Waals surface area (Å²) < 4.78 is 0. The Kier molecular flexibility index (Phi) is 5.16. The lowest BCUT2D eigenvalue weighted by molar-refractivity contribution is -0.854. The minimum atomic E-state index is -1.75. The van der Waals surface area contributed by atoms with Crippen LogP contribution in [0.3, 0.4) is 0 Å². The van der Waals surface area contributed by atoms with Gasteiger partial charge in [-0.15, -0.1) is 0 Å². The lowest BCUT2D eigenvalue weighted by Crippen LogP contribution is -3.07. The van der Waals surface area contributed by atoms with Gasteiger partial charge in [-0.3, -0.25) is 4.90 Å². The van der Waals surface area contributed by atoms with Gasteiger partial charge in [-0.25, -0.2) is 4.90 Å². The summed E-state index contributed by atoms with van der Waals surface area (Å²) in [5.41, 5.74) is 0. The van der Waals surface area contributed by atoms with Gasteiger partial charge in [0.25, 0.3) is 0 Å². The van der Waals surface area contributed by atoms with Crippen molar-refractivity contribution in [3.8, 4) is 0 Å². The molecule has 0 aromatic carbocycles. The van der Waals surface area contributed by atoms with E-state index < -0.39 is 5.09 Å². The first-order chi connectivity index (χ1) is 7.31. The fraction of sp³-hybridized carbons (Fsp3) is 0.714. The summed E-state index contributed by atoms with van der Waals surface area (Å²) in [4.78, 5) is 21.3. The van der Waals surface area contributed by atoms with Gasteiger partial charge < -0.3 is 25.4 Å². The quantitative estimate of drug-likeness (QED) is 0.484. The van der Waals surface area contributed by atoms with E-state index in [0.29, 0.717) is 6.54 Å². The van der Waals surface area contributed by atoms with Crippen molar-refractivity contribution in [2.75, 3.05) is 13.6 Å². The van der Waals surface area contributed by atoms with Crippen LogP contribution in [-0.2, 0) is 0 Å². The molecule has 0 spiro atoms. The Balaban J connectivity index is 0.000000487. The van der Waals surface area contributed by atoms with E-state index in [2.05, 4.69) is 0 Å². The van der Waals surface area contributed by atoms with Crippen molar-refractivity contribution in [2.24, 2.45) is 0 Å². The first kappa shape index (κ1) is 14.1. The summed E-state index contributed by atoms with van der Waals surface area (Å²) >= 11 is 0. The second kappa shape index (κ2) is 5.85. The molecule has 0 radical (unpaired) electrons. The van der Waals surface area contributed by atoms with E-state index in [0.717, 1.165) is 4.90 Å². The molecule has 0 saturated carbocycles. The molecule has 0 aromatic heterocycles. The van der Waals surface area contributed by atoms with Crippen LogP contribution < -0.4 is 4.90 Å². The number of quaternary nitrogens is 1. The van der Waals surface area contributed by atoms with Crippen LogP contribution in [0.2, 0.25) is 0 Å². The smallest absolute Gasteiger partial charge is 0.358 e. The maximum Gasteiger partial charge on any atom is 0.376 e. The van der Waals surface area contributed by atoms with Gasteiger partial charge in [0.1, 0.15) is 0 Å². The Labute approximate surface area is 91.8 Å². The molecule has 9 heteroatoms. The zero-order valence-corrected chi connectivity index (χ0v) is 9.24. The highest BCUT2D eigenvalue weighted by Crippen LogP contribution is 2.09. The van der Waals surface area contributed by atoms with Crippen LogP contribution in [0, 0.1) is 25.4 Å². The predicted octanol–water partition coefficient (Wildman–Crippen LogP) is -0.981. The molecule has 92 valence electrons. The molecular weight excluding hydrogens is 220 g/mol. The van der Waals surface area contributed by atoms with E-state index >= 15 is 0 Å². The third-order valence-corrected chi connectivity index (χ3v) is 2.31. The van der Waals surface area contributed by atoms with Gasteiger partial charge in [-0.1, -0.05) is 0 Å². The number of hydrogen-bond acceptors (Lipinski definition) is 6. The second-order valence-corrected chi connectivity index (χ2v) is 3.19. The molecule has 16 heavy (non-hydrogen) atoms. The SMILES string of the molecule is CCN1C([N+](=O)[O-])=C[NH+](C)C1C.O=[N+]([O-])[O-]. The normalized spacial score (nSPS) is 23.2. The van der Waals surface area contributed by atoms with E-state index in [9.17, 15) is 10.1 Å². The zero-order chi connectivity index (χ0) is 12.9. The summed E-state index contributed by atoms with van der Waals surface area (Å²) in [6.45, 7) is 4.59. The van der Waals surface area contributed by atoms with Crippen molar-refractivity contribution in [2.45, 2.75) is 20.0 Å². The average molecular weight is 234 g/mol. The average Bonchev–Trinajstić information content (AvgIpc) is 2.42. The van der Waals surface area contributed by atoms with Gasteiger partial charge in [0.2, 0.25) is 6.17 Å². The highest BCUT2D eigenvalue weighted by molar-refractivity contribution is 4.90. The largest absolute Gasteiger partial charge is 0.376 e. The Morgan fingerprint density at radius 2 is 1.88 bits per heavy atom. The summed E-state index contributed by atoms with van der Waals surface area (Å²) in [6, 6.07) is 0. The Hall–Kier alpha value is -1.90. The molecule has 0 fully saturated rings. The molecule has 1 rings (SSSR count). The number of nitrogens with zero attached hydrogens (tertiary/aromatic N) is 3. The van der Waals surface area contributed by atoms with Crippen molar-refractivity contribution in [3.05, 3.63) is 37.5 Å². The van der Waals surface area contributed by atoms with Crippen molar-refractivity contribution < 1.29 is 14.9 Å². The third-order valence-electron chi connectivity index (χ3n) is 2.31. The molecular formula is C7H14N4O5. The molecule has 0 aromatic rings. The minimum Gasteiger partial charge on any atom is -0.358 e. The first-order valence-electron chi connectivity index (χ1n) is 4.58. The number of nitro groups is 1. The zero-order valence-electron chi connectivity index (χ0n) is 9.24. The van der Waals surface area contributed by atoms with Crippen LogP contribution in [0.5, 0.6) is 0 Å². The molecule has 2 atom stereocenters. The lowest BCUT2D eigenvalue weighted by Gasteiger charge is -2.16. The molecule has 0 saturated heterocycles. The molecule has 1 heterocycles. The van der Waals surface area contributed by atoms with E-state index in [4.69, 9.17) is 15.3 Å². The summed E-state index contributed by atoms with van der Waals surface area (Å²) in [5, 5.41) is 25.3. The highest BCUT2D eigenvalue weighted by atomic mass is 16.9. The maximum absolute atomic E-state index is 10.5. The minimum absolute atomic E-state index is 0.176. The topological polar surface area (TPSA) is 117 Å². The van der Waals surface area contributed by atoms with Crippen LogP contribution in [-0.4, -0.2) is 34.7 Å². The Morgan fingerprint density at radius 3 is 2.12 bits per heavy atom. The number of hydrogen-bond donors (Lipinski definition) is 1. The standard InChI is InChI=1S/C7H13N3O2.NO3/c1-4-9-6(2)8(3)5-7(9)10(11)12;2-1(3)4/h5-6H,4H2,1-3H3;/q;-1/p+1. The second-order valence-electron chi connectivity index (χ2n) is 3.19. The Morgan fingerprint density at radius 1 is 1.44 bits per heavy atom. The molecule has 0 bridgehead atoms. The Bertz CT molecular complexity index is 301. The van der Waals surface area contributed by atoms with E-state index in [1.807, 2.05) is 20.9 Å². The summed E-state index contributed by atoms with van der Waals surface area (Å²) in [5.74, 6) is 0.225. The van der Waals surface area contributed by atoms with Crippen molar-refractivity contribution in [1.29, 1.82) is 0 Å². The van der Waals surface area contributed by atoms with Gasteiger partial charge in [0.15, 0.2) is 6.20 Å². The maximum atomic E-state index is 10.5. The number of nitrogens with one attached hydrogen (secondary N) is 1. The van der Waals surface area contributed by atoms with Gasteiger partial charge in [0.05, 0.1) is 18.7 Å². The monoisotopic (exact) mass is 234 g/mol. The van der Waals surface area contributed by atoms with Crippen LogP contribution in [0.1, 0.15) is 13.8 Å². The fourth-order valence-corrected chi connectivity index (χ4v) is 1.44. The molecule has 9 nitrogen and oxygen atoms in total. The van der Waals surface area contributed by atoms with Crippen LogP contribution >= 0.6 is 0 Å². The summed E-state index contributed by atoms with van der Waals surface area (Å²) in [6.07, 6.45) is 1.82. The van der Waals surface area contributed by atoms with E-state index in [1.54, 1.807) is 11.1 Å². The van der Waals surface area contributed by atoms with E-state index in [1.165, 1.54) is 0 Å². The number of rotatable bonds is 2. The fourth-order valence-electron chi connectivity index (χ4n) is 1.44. The highest BCUT2D eigenvalue weighted by Gasteiger charge is 2.38. The van der Waals surface area contributed by atoms with Gasteiger partial charge in [0, 0.05) is 6.92 Å². The molecule has 1 aliphatic heterocycles. The van der Waals surface area contributed by atoms with Gasteiger partial charge in [-0.05, 0) is 11.8 Å². The molecule has 1 N–H and O–H groups in total.